The third-order valence-corrected chi connectivity index (χ3v) is 3.24. The van der Waals surface area contributed by atoms with E-state index in [9.17, 15) is 4.79 Å². The van der Waals surface area contributed by atoms with Crippen molar-refractivity contribution in [2.24, 2.45) is 0 Å². The molecule has 0 aliphatic rings. The van der Waals surface area contributed by atoms with E-state index in [0.717, 1.165) is 15.8 Å². The molecule has 0 amide bonds. The van der Waals surface area contributed by atoms with Gasteiger partial charge in [0.25, 0.3) is 0 Å². The first kappa shape index (κ1) is 11.9. The van der Waals surface area contributed by atoms with E-state index in [1.165, 1.54) is 0 Å². The van der Waals surface area contributed by atoms with Gasteiger partial charge in [0.1, 0.15) is 5.75 Å². The lowest BCUT2D eigenvalue weighted by molar-refractivity contribution is 0.414. The molecule has 2 aromatic rings. The van der Waals surface area contributed by atoms with Crippen LogP contribution in [0.5, 0.6) is 5.75 Å². The Kier molecular flexibility index (Phi) is 3.64. The molecule has 0 saturated carbocycles. The maximum Gasteiger partial charge on any atom is 0.181 e. The highest BCUT2D eigenvalue weighted by molar-refractivity contribution is 9.10. The summed E-state index contributed by atoms with van der Waals surface area (Å²) in [5, 5.41) is 0. The van der Waals surface area contributed by atoms with Crippen molar-refractivity contribution in [3.8, 4) is 5.75 Å². The summed E-state index contributed by atoms with van der Waals surface area (Å²) in [5.41, 5.74) is 1.12. The zero-order valence-electron chi connectivity index (χ0n) is 9.39. The maximum absolute atomic E-state index is 11.0. The van der Waals surface area contributed by atoms with Crippen LogP contribution in [0.3, 0.4) is 0 Å². The van der Waals surface area contributed by atoms with Crippen molar-refractivity contribution >= 4 is 15.9 Å². The number of halogens is 1. The summed E-state index contributed by atoms with van der Waals surface area (Å²) in [6.07, 6.45) is 3.54. The highest BCUT2D eigenvalue weighted by atomic mass is 79.9. The van der Waals surface area contributed by atoms with Crippen molar-refractivity contribution in [2.45, 2.75) is 6.54 Å². The van der Waals surface area contributed by atoms with Crippen LogP contribution >= 0.6 is 15.9 Å². The van der Waals surface area contributed by atoms with Gasteiger partial charge in [-0.3, -0.25) is 4.79 Å². The van der Waals surface area contributed by atoms with Gasteiger partial charge in [0, 0.05) is 35.5 Å². The predicted molar refractivity (Wildman–Crippen MR) is 70.5 cm³/mol. The van der Waals surface area contributed by atoms with Gasteiger partial charge in [0.2, 0.25) is 0 Å². The van der Waals surface area contributed by atoms with Crippen LogP contribution in [-0.2, 0) is 6.54 Å². The number of ether oxygens (including phenoxy) is 1. The first-order valence-electron chi connectivity index (χ1n) is 5.17. The number of rotatable bonds is 3. The minimum Gasteiger partial charge on any atom is -0.497 e. The van der Waals surface area contributed by atoms with Crippen LogP contribution < -0.4 is 10.2 Å². The van der Waals surface area contributed by atoms with Crippen molar-refractivity contribution in [1.29, 1.82) is 0 Å². The molecule has 0 saturated heterocycles. The molecular weight excluding hydrogens is 282 g/mol. The van der Waals surface area contributed by atoms with Gasteiger partial charge < -0.3 is 9.30 Å². The summed E-state index contributed by atoms with van der Waals surface area (Å²) in [4.78, 5) is 11.0. The Labute approximate surface area is 108 Å². The number of benzene rings is 1. The smallest absolute Gasteiger partial charge is 0.181 e. The molecule has 88 valence electrons. The van der Waals surface area contributed by atoms with Gasteiger partial charge in [0.05, 0.1) is 7.11 Å². The van der Waals surface area contributed by atoms with Crippen LogP contribution in [0.15, 0.2) is 52.0 Å². The normalized spacial score (nSPS) is 10.2. The van der Waals surface area contributed by atoms with E-state index in [1.807, 2.05) is 22.8 Å². The van der Waals surface area contributed by atoms with Crippen molar-refractivity contribution in [2.75, 3.05) is 7.11 Å². The Balaban J connectivity index is 2.28. The highest BCUT2D eigenvalue weighted by Gasteiger charge is 2.02. The Bertz CT molecular complexity index is 557. The van der Waals surface area contributed by atoms with Gasteiger partial charge in [0.15, 0.2) is 5.43 Å². The van der Waals surface area contributed by atoms with Crippen LogP contribution in [-0.4, -0.2) is 11.7 Å². The summed E-state index contributed by atoms with van der Waals surface area (Å²) >= 11 is 3.50. The second-order valence-electron chi connectivity index (χ2n) is 3.66. The first-order chi connectivity index (χ1) is 8.19. The largest absolute Gasteiger partial charge is 0.497 e. The van der Waals surface area contributed by atoms with Crippen molar-refractivity contribution in [3.63, 3.8) is 0 Å². The predicted octanol–water partition coefficient (Wildman–Crippen LogP) is 2.67. The fraction of sp³-hybridized carbons (Fsp3) is 0.154. The minimum atomic E-state index is 0.0194. The van der Waals surface area contributed by atoms with Crippen LogP contribution in [0.4, 0.5) is 0 Å². The number of nitrogens with zero attached hydrogens (tertiary/aromatic N) is 1. The quantitative estimate of drug-likeness (QED) is 0.871. The molecular formula is C13H12BrNO2. The van der Waals surface area contributed by atoms with E-state index in [2.05, 4.69) is 15.9 Å². The molecule has 2 rings (SSSR count). The number of pyridine rings is 1. The van der Waals surface area contributed by atoms with Crippen LogP contribution in [0.25, 0.3) is 0 Å². The molecule has 17 heavy (non-hydrogen) atoms. The molecule has 1 aromatic heterocycles. The van der Waals surface area contributed by atoms with Crippen molar-refractivity contribution < 1.29 is 4.74 Å². The van der Waals surface area contributed by atoms with Gasteiger partial charge in [-0.1, -0.05) is 15.9 Å². The maximum atomic E-state index is 11.0. The van der Waals surface area contributed by atoms with Crippen LogP contribution in [0.2, 0.25) is 0 Å². The van der Waals surface area contributed by atoms with Gasteiger partial charge in [-0.25, -0.2) is 0 Å². The standard InChI is InChI=1S/C13H12BrNO2/c1-17-12-2-3-13(14)10(8-12)9-15-6-4-11(16)5-7-15/h2-8H,9H2,1H3. The number of methoxy groups -OCH3 is 1. The fourth-order valence-corrected chi connectivity index (χ4v) is 1.92. The molecule has 1 aromatic carbocycles. The van der Waals surface area contributed by atoms with Gasteiger partial charge in [-0.15, -0.1) is 0 Å². The van der Waals surface area contributed by atoms with Crippen molar-refractivity contribution in [1.82, 2.24) is 4.57 Å². The Morgan fingerprint density at radius 3 is 2.59 bits per heavy atom. The molecule has 0 fully saturated rings. The lowest BCUT2D eigenvalue weighted by Gasteiger charge is -2.09. The van der Waals surface area contributed by atoms with Crippen LogP contribution in [0, 0.1) is 0 Å². The molecule has 0 unspecified atom stereocenters. The van der Waals surface area contributed by atoms with E-state index in [1.54, 1.807) is 31.6 Å². The van der Waals surface area contributed by atoms with E-state index in [-0.39, 0.29) is 5.43 Å². The summed E-state index contributed by atoms with van der Waals surface area (Å²) in [6.45, 7) is 0.693. The SMILES string of the molecule is COc1ccc(Br)c(Cn2ccc(=O)cc2)c1. The summed E-state index contributed by atoms with van der Waals surface area (Å²) in [6, 6.07) is 8.93. The van der Waals surface area contributed by atoms with Gasteiger partial charge in [-0.05, 0) is 23.8 Å². The topological polar surface area (TPSA) is 31.2 Å². The molecule has 0 aliphatic carbocycles. The van der Waals surface area contributed by atoms with E-state index in [4.69, 9.17) is 4.74 Å². The molecule has 1 heterocycles. The summed E-state index contributed by atoms with van der Waals surface area (Å²) in [5.74, 6) is 0.823. The first-order valence-corrected chi connectivity index (χ1v) is 5.97. The number of hydrogen-bond acceptors (Lipinski definition) is 2. The molecule has 4 heteroatoms. The molecule has 0 atom stereocenters. The molecule has 0 aliphatic heterocycles. The zero-order valence-corrected chi connectivity index (χ0v) is 11.0. The van der Waals surface area contributed by atoms with Gasteiger partial charge in [-0.2, -0.15) is 0 Å². The van der Waals surface area contributed by atoms with E-state index >= 15 is 0 Å². The second-order valence-corrected chi connectivity index (χ2v) is 4.52. The molecule has 0 spiro atoms. The average Bonchev–Trinajstić information content (AvgIpc) is 2.35. The Morgan fingerprint density at radius 2 is 1.94 bits per heavy atom. The monoisotopic (exact) mass is 293 g/mol. The Hall–Kier alpha value is -1.55. The molecule has 3 nitrogen and oxygen atoms in total. The lowest BCUT2D eigenvalue weighted by Crippen LogP contribution is -2.05. The summed E-state index contributed by atoms with van der Waals surface area (Å²) in [7, 11) is 1.65. The zero-order chi connectivity index (χ0) is 12.3. The fourth-order valence-electron chi connectivity index (χ4n) is 1.54. The average molecular weight is 294 g/mol. The van der Waals surface area contributed by atoms with Gasteiger partial charge >= 0.3 is 0 Å². The van der Waals surface area contributed by atoms with Crippen LogP contribution in [0.1, 0.15) is 5.56 Å². The molecule has 0 radical (unpaired) electrons. The molecule has 0 bridgehead atoms. The highest BCUT2D eigenvalue weighted by Crippen LogP contribution is 2.23. The third-order valence-electron chi connectivity index (χ3n) is 2.47. The van der Waals surface area contributed by atoms with E-state index in [0.29, 0.717) is 6.54 Å². The van der Waals surface area contributed by atoms with E-state index < -0.39 is 0 Å². The minimum absolute atomic E-state index is 0.0194. The Morgan fingerprint density at radius 1 is 1.24 bits per heavy atom. The number of aromatic nitrogens is 1. The second kappa shape index (κ2) is 5.19. The third kappa shape index (κ3) is 2.97. The summed E-state index contributed by atoms with van der Waals surface area (Å²) < 4.78 is 8.16. The molecule has 0 N–H and O–H groups in total. The lowest BCUT2D eigenvalue weighted by atomic mass is 10.2. The van der Waals surface area contributed by atoms with Crippen molar-refractivity contribution in [3.05, 3.63) is 63.0 Å². The number of hydrogen-bond donors (Lipinski definition) is 0.